The minimum atomic E-state index is 0.418. The average Bonchev–Trinajstić information content (AvgIpc) is 2.37. The summed E-state index contributed by atoms with van der Waals surface area (Å²) in [6.45, 7) is 1.63. The highest BCUT2D eigenvalue weighted by atomic mass is 16.5. The van der Waals surface area contributed by atoms with Crippen LogP contribution in [0.4, 0.5) is 0 Å². The first-order valence-electron chi connectivity index (χ1n) is 6.16. The lowest BCUT2D eigenvalue weighted by Gasteiger charge is -2.20. The standard InChI is InChI=1S/C14H24N2O2/c1-16(2)10-11(9-15)7-12-8-13(17-3)5-6-14(12)18-4/h5-6,8,11H,7,9-10,15H2,1-4H3. The Bertz CT molecular complexity index is 367. The summed E-state index contributed by atoms with van der Waals surface area (Å²) in [6, 6.07) is 5.88. The SMILES string of the molecule is COc1ccc(OC)c(CC(CN)CN(C)C)c1. The van der Waals surface area contributed by atoms with E-state index >= 15 is 0 Å². The molecule has 4 nitrogen and oxygen atoms in total. The number of methoxy groups -OCH3 is 2. The molecule has 0 aliphatic rings. The largest absolute Gasteiger partial charge is 0.497 e. The maximum atomic E-state index is 5.83. The van der Waals surface area contributed by atoms with Crippen LogP contribution in [0.3, 0.4) is 0 Å². The maximum absolute atomic E-state index is 5.83. The Morgan fingerprint density at radius 3 is 2.44 bits per heavy atom. The second-order valence-corrected chi connectivity index (χ2v) is 4.75. The van der Waals surface area contributed by atoms with Crippen molar-refractivity contribution >= 4 is 0 Å². The molecule has 102 valence electrons. The van der Waals surface area contributed by atoms with Crippen LogP contribution in [0, 0.1) is 5.92 Å². The monoisotopic (exact) mass is 252 g/mol. The predicted octanol–water partition coefficient (Wildman–Crippen LogP) is 1.38. The Hall–Kier alpha value is -1.26. The molecular weight excluding hydrogens is 228 g/mol. The molecule has 0 fully saturated rings. The number of nitrogens with two attached hydrogens (primary N) is 1. The van der Waals surface area contributed by atoms with Gasteiger partial charge in [-0.3, -0.25) is 0 Å². The number of rotatable bonds is 7. The average molecular weight is 252 g/mol. The first-order chi connectivity index (χ1) is 8.60. The van der Waals surface area contributed by atoms with Gasteiger partial charge in [-0.15, -0.1) is 0 Å². The second-order valence-electron chi connectivity index (χ2n) is 4.75. The number of hydrogen-bond acceptors (Lipinski definition) is 4. The molecule has 0 aliphatic carbocycles. The summed E-state index contributed by atoms with van der Waals surface area (Å²) >= 11 is 0. The lowest BCUT2D eigenvalue weighted by atomic mass is 9.98. The first kappa shape index (κ1) is 14.8. The van der Waals surface area contributed by atoms with Crippen LogP contribution >= 0.6 is 0 Å². The number of hydrogen-bond donors (Lipinski definition) is 1. The molecule has 2 N–H and O–H groups in total. The first-order valence-corrected chi connectivity index (χ1v) is 6.16. The number of benzene rings is 1. The maximum Gasteiger partial charge on any atom is 0.122 e. The molecule has 0 aromatic heterocycles. The fourth-order valence-corrected chi connectivity index (χ4v) is 2.09. The Morgan fingerprint density at radius 2 is 1.94 bits per heavy atom. The van der Waals surface area contributed by atoms with Gasteiger partial charge >= 0.3 is 0 Å². The summed E-state index contributed by atoms with van der Waals surface area (Å²) in [5.41, 5.74) is 6.98. The molecule has 18 heavy (non-hydrogen) atoms. The van der Waals surface area contributed by atoms with E-state index in [-0.39, 0.29) is 0 Å². The minimum absolute atomic E-state index is 0.418. The van der Waals surface area contributed by atoms with Crippen LogP contribution in [0.2, 0.25) is 0 Å². The van der Waals surface area contributed by atoms with Crippen molar-refractivity contribution in [2.75, 3.05) is 41.4 Å². The summed E-state index contributed by atoms with van der Waals surface area (Å²) in [6.07, 6.45) is 0.898. The van der Waals surface area contributed by atoms with E-state index < -0.39 is 0 Å². The molecule has 1 unspecified atom stereocenters. The molecule has 0 saturated carbocycles. The van der Waals surface area contributed by atoms with Crippen molar-refractivity contribution in [1.82, 2.24) is 4.90 Å². The zero-order valence-corrected chi connectivity index (χ0v) is 11.8. The molecule has 0 heterocycles. The Balaban J connectivity index is 2.85. The van der Waals surface area contributed by atoms with Gasteiger partial charge in [-0.1, -0.05) is 0 Å². The highest BCUT2D eigenvalue weighted by Gasteiger charge is 2.13. The highest BCUT2D eigenvalue weighted by molar-refractivity contribution is 5.40. The van der Waals surface area contributed by atoms with E-state index in [1.54, 1.807) is 14.2 Å². The van der Waals surface area contributed by atoms with Gasteiger partial charge in [-0.05, 0) is 56.7 Å². The zero-order chi connectivity index (χ0) is 13.5. The molecule has 0 saturated heterocycles. The molecule has 1 aromatic carbocycles. The lowest BCUT2D eigenvalue weighted by molar-refractivity contribution is 0.323. The fourth-order valence-electron chi connectivity index (χ4n) is 2.09. The smallest absolute Gasteiger partial charge is 0.122 e. The predicted molar refractivity (Wildman–Crippen MR) is 74.3 cm³/mol. The van der Waals surface area contributed by atoms with Gasteiger partial charge < -0.3 is 20.1 Å². The van der Waals surface area contributed by atoms with E-state index in [4.69, 9.17) is 15.2 Å². The van der Waals surface area contributed by atoms with Gasteiger partial charge in [0.2, 0.25) is 0 Å². The van der Waals surface area contributed by atoms with Gasteiger partial charge in [0, 0.05) is 6.54 Å². The zero-order valence-electron chi connectivity index (χ0n) is 11.8. The molecule has 0 aliphatic heterocycles. The molecule has 0 amide bonds. The van der Waals surface area contributed by atoms with Crippen molar-refractivity contribution in [3.63, 3.8) is 0 Å². The fraction of sp³-hybridized carbons (Fsp3) is 0.571. The lowest BCUT2D eigenvalue weighted by Crippen LogP contribution is -2.29. The topological polar surface area (TPSA) is 47.7 Å². The molecule has 1 rings (SSSR count). The van der Waals surface area contributed by atoms with E-state index in [2.05, 4.69) is 19.0 Å². The van der Waals surface area contributed by atoms with E-state index in [9.17, 15) is 0 Å². The van der Waals surface area contributed by atoms with Crippen LogP contribution in [0.5, 0.6) is 11.5 Å². The minimum Gasteiger partial charge on any atom is -0.497 e. The van der Waals surface area contributed by atoms with Crippen molar-refractivity contribution in [1.29, 1.82) is 0 Å². The van der Waals surface area contributed by atoms with Crippen molar-refractivity contribution in [3.05, 3.63) is 23.8 Å². The summed E-state index contributed by atoms with van der Waals surface area (Å²) in [4.78, 5) is 2.16. The molecule has 4 heteroatoms. The quantitative estimate of drug-likeness (QED) is 0.796. The normalized spacial score (nSPS) is 12.6. The van der Waals surface area contributed by atoms with E-state index in [1.165, 1.54) is 0 Å². The third kappa shape index (κ3) is 4.20. The second kappa shape index (κ2) is 7.24. The van der Waals surface area contributed by atoms with Crippen molar-refractivity contribution in [2.45, 2.75) is 6.42 Å². The Labute approximate surface area is 110 Å². The van der Waals surface area contributed by atoms with Gasteiger partial charge in [0.25, 0.3) is 0 Å². The Morgan fingerprint density at radius 1 is 1.22 bits per heavy atom. The Kier molecular flexibility index (Phi) is 5.95. The van der Waals surface area contributed by atoms with Crippen LogP contribution in [0.1, 0.15) is 5.56 Å². The third-order valence-corrected chi connectivity index (χ3v) is 2.95. The summed E-state index contributed by atoms with van der Waals surface area (Å²) in [5, 5.41) is 0. The number of nitrogens with zero attached hydrogens (tertiary/aromatic N) is 1. The van der Waals surface area contributed by atoms with Crippen LogP contribution < -0.4 is 15.2 Å². The molecular formula is C14H24N2O2. The van der Waals surface area contributed by atoms with E-state index in [1.807, 2.05) is 18.2 Å². The third-order valence-electron chi connectivity index (χ3n) is 2.95. The van der Waals surface area contributed by atoms with Crippen LogP contribution in [-0.2, 0) is 6.42 Å². The summed E-state index contributed by atoms with van der Waals surface area (Å²) in [5.74, 6) is 2.17. The van der Waals surface area contributed by atoms with Crippen molar-refractivity contribution in [2.24, 2.45) is 11.7 Å². The highest BCUT2D eigenvalue weighted by Crippen LogP contribution is 2.26. The van der Waals surface area contributed by atoms with Gasteiger partial charge in [-0.25, -0.2) is 0 Å². The number of ether oxygens (including phenoxy) is 2. The summed E-state index contributed by atoms with van der Waals surface area (Å²) in [7, 11) is 7.48. The van der Waals surface area contributed by atoms with Gasteiger partial charge in [0.05, 0.1) is 14.2 Å². The van der Waals surface area contributed by atoms with Gasteiger partial charge in [0.15, 0.2) is 0 Å². The van der Waals surface area contributed by atoms with Crippen molar-refractivity contribution in [3.8, 4) is 11.5 Å². The van der Waals surface area contributed by atoms with Crippen LogP contribution in [0.25, 0.3) is 0 Å². The molecule has 0 spiro atoms. The molecule has 0 bridgehead atoms. The van der Waals surface area contributed by atoms with Crippen molar-refractivity contribution < 1.29 is 9.47 Å². The van der Waals surface area contributed by atoms with Gasteiger partial charge in [-0.2, -0.15) is 0 Å². The molecule has 1 atom stereocenters. The van der Waals surface area contributed by atoms with E-state index in [0.29, 0.717) is 12.5 Å². The molecule has 0 radical (unpaired) electrons. The van der Waals surface area contributed by atoms with Crippen LogP contribution in [0.15, 0.2) is 18.2 Å². The summed E-state index contributed by atoms with van der Waals surface area (Å²) < 4.78 is 10.6. The van der Waals surface area contributed by atoms with Crippen LogP contribution in [-0.4, -0.2) is 46.3 Å². The van der Waals surface area contributed by atoms with E-state index in [0.717, 1.165) is 30.0 Å². The molecule has 1 aromatic rings. The van der Waals surface area contributed by atoms with Gasteiger partial charge in [0.1, 0.15) is 11.5 Å².